The van der Waals surface area contributed by atoms with Gasteiger partial charge in [0, 0.05) is 18.1 Å². The van der Waals surface area contributed by atoms with Crippen LogP contribution in [0.1, 0.15) is 25.6 Å². The third-order valence-electron chi connectivity index (χ3n) is 2.37. The fourth-order valence-electron chi connectivity index (χ4n) is 1.43. The number of aromatic nitrogens is 2. The molecule has 2 aromatic rings. The first-order valence-corrected chi connectivity index (χ1v) is 5.73. The van der Waals surface area contributed by atoms with E-state index in [1.54, 1.807) is 0 Å². The topological polar surface area (TPSA) is 61.0 Å². The van der Waals surface area contributed by atoms with Crippen molar-refractivity contribution in [2.45, 2.75) is 19.8 Å². The molecule has 6 heteroatoms. The van der Waals surface area contributed by atoms with Crippen LogP contribution in [0, 0.1) is 11.6 Å². The number of halogens is 2. The molecule has 0 amide bonds. The molecule has 0 aliphatic carbocycles. The first kappa shape index (κ1) is 13.2. The van der Waals surface area contributed by atoms with Crippen molar-refractivity contribution in [1.82, 2.24) is 9.97 Å². The second-order valence-corrected chi connectivity index (χ2v) is 4.32. The lowest BCUT2D eigenvalue weighted by Crippen LogP contribution is -2.03. The molecule has 1 aromatic carbocycles. The van der Waals surface area contributed by atoms with E-state index in [2.05, 4.69) is 9.97 Å². The van der Waals surface area contributed by atoms with E-state index in [1.807, 2.05) is 13.8 Å². The number of anilines is 1. The Balaban J connectivity index is 2.29. The number of nitrogens with zero attached hydrogens (tertiary/aromatic N) is 2. The maximum Gasteiger partial charge on any atom is 0.224 e. The Bertz CT molecular complexity index is 602. The zero-order valence-electron chi connectivity index (χ0n) is 10.5. The summed E-state index contributed by atoms with van der Waals surface area (Å²) in [7, 11) is 0. The van der Waals surface area contributed by atoms with Crippen LogP contribution < -0.4 is 10.5 Å². The van der Waals surface area contributed by atoms with Gasteiger partial charge in [-0.15, -0.1) is 0 Å². The summed E-state index contributed by atoms with van der Waals surface area (Å²) in [6, 6.07) is 4.67. The lowest BCUT2D eigenvalue weighted by molar-refractivity contribution is 0.443. The molecule has 0 atom stereocenters. The summed E-state index contributed by atoms with van der Waals surface area (Å²) >= 11 is 0. The number of nitrogen functional groups attached to an aromatic ring is 1. The predicted molar refractivity (Wildman–Crippen MR) is 67.0 cm³/mol. The van der Waals surface area contributed by atoms with Crippen molar-refractivity contribution in [3.8, 4) is 11.6 Å². The molecule has 19 heavy (non-hydrogen) atoms. The molecule has 0 aliphatic rings. The lowest BCUT2D eigenvalue weighted by atomic mass is 10.2. The normalized spacial score (nSPS) is 10.8. The van der Waals surface area contributed by atoms with Gasteiger partial charge in [-0.05, 0) is 12.1 Å². The molecular weight excluding hydrogens is 252 g/mol. The van der Waals surface area contributed by atoms with Gasteiger partial charge in [0.05, 0.1) is 0 Å². The van der Waals surface area contributed by atoms with E-state index in [0.29, 0.717) is 5.82 Å². The average molecular weight is 265 g/mol. The van der Waals surface area contributed by atoms with Crippen LogP contribution in [0.5, 0.6) is 11.6 Å². The highest BCUT2D eigenvalue weighted by Gasteiger charge is 2.09. The van der Waals surface area contributed by atoms with Gasteiger partial charge in [-0.1, -0.05) is 13.8 Å². The van der Waals surface area contributed by atoms with Gasteiger partial charge < -0.3 is 10.5 Å². The van der Waals surface area contributed by atoms with Crippen LogP contribution in [0.15, 0.2) is 24.3 Å². The fraction of sp³-hybridized carbons (Fsp3) is 0.231. The molecule has 1 heterocycles. The van der Waals surface area contributed by atoms with Gasteiger partial charge in [-0.25, -0.2) is 13.8 Å². The number of hydrogen-bond acceptors (Lipinski definition) is 4. The molecule has 0 aliphatic heterocycles. The van der Waals surface area contributed by atoms with Gasteiger partial charge in [-0.3, -0.25) is 0 Å². The van der Waals surface area contributed by atoms with Crippen molar-refractivity contribution < 1.29 is 13.5 Å². The highest BCUT2D eigenvalue weighted by atomic mass is 19.2. The third-order valence-corrected chi connectivity index (χ3v) is 2.37. The number of hydrogen-bond donors (Lipinski definition) is 1. The van der Waals surface area contributed by atoms with Crippen molar-refractivity contribution >= 4 is 5.82 Å². The summed E-state index contributed by atoms with van der Waals surface area (Å²) in [4.78, 5) is 8.21. The van der Waals surface area contributed by atoms with Crippen LogP contribution in [0.2, 0.25) is 0 Å². The minimum atomic E-state index is -0.983. The SMILES string of the molecule is CC(C)c1nc(N)cc(Oc2ccc(F)c(F)c2)n1. The van der Waals surface area contributed by atoms with Crippen LogP contribution in [0.4, 0.5) is 14.6 Å². The smallest absolute Gasteiger partial charge is 0.224 e. The molecule has 1 aromatic heterocycles. The highest BCUT2D eigenvalue weighted by Crippen LogP contribution is 2.24. The predicted octanol–water partition coefficient (Wildman–Crippen LogP) is 3.25. The van der Waals surface area contributed by atoms with Crippen molar-refractivity contribution in [2.75, 3.05) is 5.73 Å². The number of ether oxygens (including phenoxy) is 1. The van der Waals surface area contributed by atoms with Crippen molar-refractivity contribution in [2.24, 2.45) is 0 Å². The quantitative estimate of drug-likeness (QED) is 0.925. The Labute approximate surface area is 109 Å². The third kappa shape index (κ3) is 3.15. The van der Waals surface area contributed by atoms with Crippen molar-refractivity contribution in [3.05, 3.63) is 41.7 Å². The monoisotopic (exact) mass is 265 g/mol. The molecule has 0 radical (unpaired) electrons. The minimum Gasteiger partial charge on any atom is -0.439 e. The van der Waals surface area contributed by atoms with E-state index in [0.717, 1.165) is 12.1 Å². The number of benzene rings is 1. The van der Waals surface area contributed by atoms with Gasteiger partial charge in [0.1, 0.15) is 17.4 Å². The number of rotatable bonds is 3. The van der Waals surface area contributed by atoms with Crippen molar-refractivity contribution in [1.29, 1.82) is 0 Å². The fourth-order valence-corrected chi connectivity index (χ4v) is 1.43. The van der Waals surface area contributed by atoms with Crippen LogP contribution in [0.3, 0.4) is 0 Å². The Morgan fingerprint density at radius 2 is 1.84 bits per heavy atom. The standard InChI is InChI=1S/C13H13F2N3O/c1-7(2)13-17-11(16)6-12(18-13)19-8-3-4-9(14)10(15)5-8/h3-7H,1-2H3,(H2,16,17,18). The molecule has 0 bridgehead atoms. The van der Waals surface area contributed by atoms with Gasteiger partial charge in [-0.2, -0.15) is 4.98 Å². The van der Waals surface area contributed by atoms with E-state index in [9.17, 15) is 8.78 Å². The summed E-state index contributed by atoms with van der Waals surface area (Å²) in [5.41, 5.74) is 5.64. The van der Waals surface area contributed by atoms with Crippen LogP contribution in [-0.2, 0) is 0 Å². The number of nitrogens with two attached hydrogens (primary N) is 1. The molecule has 2 rings (SSSR count). The molecule has 100 valence electrons. The zero-order chi connectivity index (χ0) is 14.0. The van der Waals surface area contributed by atoms with Crippen LogP contribution >= 0.6 is 0 Å². The van der Waals surface area contributed by atoms with Crippen molar-refractivity contribution in [3.63, 3.8) is 0 Å². The largest absolute Gasteiger partial charge is 0.439 e. The average Bonchev–Trinajstić information content (AvgIpc) is 2.33. The molecule has 0 saturated carbocycles. The molecule has 0 unspecified atom stereocenters. The second-order valence-electron chi connectivity index (χ2n) is 4.32. The summed E-state index contributed by atoms with van der Waals surface area (Å²) in [5, 5.41) is 0. The van der Waals surface area contributed by atoms with Crippen LogP contribution in [-0.4, -0.2) is 9.97 Å². The summed E-state index contributed by atoms with van der Waals surface area (Å²) in [6.45, 7) is 3.83. The maximum atomic E-state index is 13.1. The Morgan fingerprint density at radius 1 is 1.11 bits per heavy atom. The van der Waals surface area contributed by atoms with Gasteiger partial charge in [0.2, 0.25) is 5.88 Å². The van der Waals surface area contributed by atoms with E-state index in [1.165, 1.54) is 12.1 Å². The Kier molecular flexibility index (Phi) is 3.59. The first-order chi connectivity index (χ1) is 8.95. The van der Waals surface area contributed by atoms with Gasteiger partial charge in [0.15, 0.2) is 11.6 Å². The summed E-state index contributed by atoms with van der Waals surface area (Å²) in [6.07, 6.45) is 0. The minimum absolute atomic E-state index is 0.0794. The maximum absolute atomic E-state index is 13.1. The van der Waals surface area contributed by atoms with E-state index in [-0.39, 0.29) is 23.4 Å². The second kappa shape index (κ2) is 5.17. The zero-order valence-corrected chi connectivity index (χ0v) is 10.5. The molecule has 0 saturated heterocycles. The molecule has 2 N–H and O–H groups in total. The molecule has 4 nitrogen and oxygen atoms in total. The van der Waals surface area contributed by atoms with Crippen LogP contribution in [0.25, 0.3) is 0 Å². The van der Waals surface area contributed by atoms with E-state index < -0.39 is 11.6 Å². The molecule has 0 spiro atoms. The highest BCUT2D eigenvalue weighted by molar-refractivity contribution is 5.36. The summed E-state index contributed by atoms with van der Waals surface area (Å²) in [5.74, 6) is -0.709. The summed E-state index contributed by atoms with van der Waals surface area (Å²) < 4.78 is 31.2. The van der Waals surface area contributed by atoms with E-state index in [4.69, 9.17) is 10.5 Å². The molecular formula is C13H13F2N3O. The van der Waals surface area contributed by atoms with Gasteiger partial charge in [0.25, 0.3) is 0 Å². The molecule has 0 fully saturated rings. The first-order valence-electron chi connectivity index (χ1n) is 5.73. The lowest BCUT2D eigenvalue weighted by Gasteiger charge is -2.09. The van der Waals surface area contributed by atoms with Gasteiger partial charge >= 0.3 is 0 Å². The Hall–Kier alpha value is -2.24. The Morgan fingerprint density at radius 3 is 2.47 bits per heavy atom. The van der Waals surface area contributed by atoms with E-state index >= 15 is 0 Å².